The van der Waals surface area contributed by atoms with E-state index in [2.05, 4.69) is 21.3 Å². The number of hydrogen-bond acceptors (Lipinski definition) is 5. The topological polar surface area (TPSA) is 78.7 Å². The van der Waals surface area contributed by atoms with Crippen LogP contribution in [0.15, 0.2) is 40.0 Å². The van der Waals surface area contributed by atoms with Crippen LogP contribution in [-0.2, 0) is 6.54 Å². The Balaban J connectivity index is 1.82. The molecule has 0 fully saturated rings. The Morgan fingerprint density at radius 3 is 2.46 bits per heavy atom. The molecule has 0 aliphatic carbocycles. The molecule has 3 heterocycles. The quantitative estimate of drug-likeness (QED) is 0.568. The van der Waals surface area contributed by atoms with Crippen LogP contribution < -0.4 is 5.56 Å². The van der Waals surface area contributed by atoms with Crippen LogP contribution in [0, 0.1) is 27.7 Å². The summed E-state index contributed by atoms with van der Waals surface area (Å²) in [5.74, 6) is 0.709. The van der Waals surface area contributed by atoms with Crippen molar-refractivity contribution in [2.24, 2.45) is 0 Å². The molecule has 0 saturated carbocycles. The fraction of sp³-hybridized carbons (Fsp3) is 0.263. The standard InChI is InChI=1S/C19H19N5O2/c1-11-5-12(2)7-15(6-11)24-18-16(8-21-24)19(25)23(10-20-18)9-17-13(3)22-26-14(17)4/h5-8,10H,9H2,1-4H3. The largest absolute Gasteiger partial charge is 0.361 e. The minimum atomic E-state index is -0.134. The van der Waals surface area contributed by atoms with Gasteiger partial charge in [-0.3, -0.25) is 9.36 Å². The fourth-order valence-electron chi connectivity index (χ4n) is 3.22. The molecule has 132 valence electrons. The van der Waals surface area contributed by atoms with Gasteiger partial charge >= 0.3 is 0 Å². The molecule has 0 saturated heterocycles. The number of aromatic nitrogens is 5. The van der Waals surface area contributed by atoms with Crippen molar-refractivity contribution in [2.45, 2.75) is 34.2 Å². The van der Waals surface area contributed by atoms with Gasteiger partial charge in [-0.25, -0.2) is 9.67 Å². The van der Waals surface area contributed by atoms with Crippen LogP contribution >= 0.6 is 0 Å². The van der Waals surface area contributed by atoms with Gasteiger partial charge in [-0.2, -0.15) is 5.10 Å². The maximum atomic E-state index is 12.9. The summed E-state index contributed by atoms with van der Waals surface area (Å²) in [7, 11) is 0. The van der Waals surface area contributed by atoms with Crippen LogP contribution in [0.1, 0.15) is 28.1 Å². The van der Waals surface area contributed by atoms with E-state index >= 15 is 0 Å². The summed E-state index contributed by atoms with van der Waals surface area (Å²) in [4.78, 5) is 17.4. The summed E-state index contributed by atoms with van der Waals surface area (Å²) in [6.45, 7) is 8.14. The van der Waals surface area contributed by atoms with Gasteiger partial charge in [0.15, 0.2) is 5.65 Å². The molecule has 0 unspecified atom stereocenters. The first-order valence-corrected chi connectivity index (χ1v) is 8.37. The van der Waals surface area contributed by atoms with Gasteiger partial charge in [-0.15, -0.1) is 0 Å². The minimum absolute atomic E-state index is 0.134. The number of hydrogen-bond donors (Lipinski definition) is 0. The van der Waals surface area contributed by atoms with Crippen molar-refractivity contribution >= 4 is 11.0 Å². The molecule has 4 rings (SSSR count). The Bertz CT molecular complexity index is 1140. The van der Waals surface area contributed by atoms with Gasteiger partial charge in [-0.05, 0) is 51.0 Å². The highest BCUT2D eigenvalue weighted by molar-refractivity contribution is 5.75. The number of benzene rings is 1. The highest BCUT2D eigenvalue weighted by Crippen LogP contribution is 2.18. The van der Waals surface area contributed by atoms with Crippen LogP contribution in [0.2, 0.25) is 0 Å². The third-order valence-corrected chi connectivity index (χ3v) is 4.52. The van der Waals surface area contributed by atoms with E-state index < -0.39 is 0 Å². The van der Waals surface area contributed by atoms with Crippen molar-refractivity contribution < 1.29 is 4.52 Å². The molecule has 7 heteroatoms. The maximum Gasteiger partial charge on any atom is 0.264 e. The van der Waals surface area contributed by atoms with Crippen LogP contribution in [0.4, 0.5) is 0 Å². The van der Waals surface area contributed by atoms with Gasteiger partial charge in [0.05, 0.1) is 24.1 Å². The number of aryl methyl sites for hydroxylation is 4. The smallest absolute Gasteiger partial charge is 0.264 e. The zero-order valence-corrected chi connectivity index (χ0v) is 15.1. The second kappa shape index (κ2) is 5.94. The Hall–Kier alpha value is -3.22. The van der Waals surface area contributed by atoms with Gasteiger partial charge < -0.3 is 4.52 Å². The van der Waals surface area contributed by atoms with Crippen LogP contribution in [0.5, 0.6) is 0 Å². The average molecular weight is 349 g/mol. The van der Waals surface area contributed by atoms with Crippen molar-refractivity contribution in [1.29, 1.82) is 0 Å². The van der Waals surface area contributed by atoms with Crippen molar-refractivity contribution in [1.82, 2.24) is 24.5 Å². The first kappa shape index (κ1) is 16.3. The number of rotatable bonds is 3. The van der Waals surface area contributed by atoms with Crippen molar-refractivity contribution in [3.8, 4) is 5.69 Å². The van der Waals surface area contributed by atoms with E-state index in [1.54, 1.807) is 21.8 Å². The first-order chi connectivity index (χ1) is 12.4. The van der Waals surface area contributed by atoms with E-state index in [4.69, 9.17) is 4.52 Å². The summed E-state index contributed by atoms with van der Waals surface area (Å²) >= 11 is 0. The lowest BCUT2D eigenvalue weighted by Crippen LogP contribution is -2.21. The molecule has 0 radical (unpaired) electrons. The zero-order valence-electron chi connectivity index (χ0n) is 15.1. The fourth-order valence-corrected chi connectivity index (χ4v) is 3.22. The molecule has 0 amide bonds. The molecule has 0 atom stereocenters. The summed E-state index contributed by atoms with van der Waals surface area (Å²) in [5.41, 5.74) is 5.26. The molecule has 0 spiro atoms. The van der Waals surface area contributed by atoms with Crippen molar-refractivity contribution in [3.63, 3.8) is 0 Å². The van der Waals surface area contributed by atoms with Crippen LogP contribution in [0.3, 0.4) is 0 Å². The Kier molecular flexibility index (Phi) is 3.72. The van der Waals surface area contributed by atoms with Crippen LogP contribution in [-0.4, -0.2) is 24.5 Å². The SMILES string of the molecule is Cc1cc(C)cc(-n2ncc3c(=O)n(Cc4c(C)noc4C)cnc32)c1. The van der Waals surface area contributed by atoms with Gasteiger partial charge in [0, 0.05) is 5.56 Å². The zero-order chi connectivity index (χ0) is 18.4. The number of nitrogens with zero attached hydrogens (tertiary/aromatic N) is 5. The molecule has 0 aliphatic rings. The molecular formula is C19H19N5O2. The van der Waals surface area contributed by atoms with E-state index in [1.807, 2.05) is 39.8 Å². The Labute approximate surface area is 149 Å². The highest BCUT2D eigenvalue weighted by atomic mass is 16.5. The normalized spacial score (nSPS) is 11.4. The minimum Gasteiger partial charge on any atom is -0.361 e. The van der Waals surface area contributed by atoms with E-state index in [1.165, 1.54) is 0 Å². The third kappa shape index (κ3) is 2.61. The van der Waals surface area contributed by atoms with E-state index in [0.717, 1.165) is 28.1 Å². The number of fused-ring (bicyclic) bond motifs is 1. The van der Waals surface area contributed by atoms with E-state index in [-0.39, 0.29) is 5.56 Å². The first-order valence-electron chi connectivity index (χ1n) is 8.37. The van der Waals surface area contributed by atoms with E-state index in [0.29, 0.717) is 23.3 Å². The summed E-state index contributed by atoms with van der Waals surface area (Å²) in [6, 6.07) is 6.15. The Morgan fingerprint density at radius 1 is 1.08 bits per heavy atom. The molecule has 26 heavy (non-hydrogen) atoms. The molecule has 1 aromatic carbocycles. The van der Waals surface area contributed by atoms with Gasteiger partial charge in [0.1, 0.15) is 17.5 Å². The molecule has 0 bridgehead atoms. The second-order valence-corrected chi connectivity index (χ2v) is 6.62. The summed E-state index contributed by atoms with van der Waals surface area (Å²) in [6.07, 6.45) is 3.13. The monoisotopic (exact) mass is 349 g/mol. The van der Waals surface area contributed by atoms with Gasteiger partial charge in [0.2, 0.25) is 0 Å². The maximum absolute atomic E-state index is 12.9. The van der Waals surface area contributed by atoms with Crippen LogP contribution in [0.25, 0.3) is 16.7 Å². The van der Waals surface area contributed by atoms with Gasteiger partial charge in [0.25, 0.3) is 5.56 Å². The summed E-state index contributed by atoms with van der Waals surface area (Å²) < 4.78 is 8.44. The highest BCUT2D eigenvalue weighted by Gasteiger charge is 2.15. The predicted molar refractivity (Wildman–Crippen MR) is 97.7 cm³/mol. The Morgan fingerprint density at radius 2 is 1.81 bits per heavy atom. The average Bonchev–Trinajstić information content (AvgIpc) is 3.15. The van der Waals surface area contributed by atoms with Crippen molar-refractivity contribution in [2.75, 3.05) is 0 Å². The molecule has 7 nitrogen and oxygen atoms in total. The summed E-state index contributed by atoms with van der Waals surface area (Å²) in [5, 5.41) is 8.81. The van der Waals surface area contributed by atoms with Crippen molar-refractivity contribution in [3.05, 3.63) is 69.2 Å². The second-order valence-electron chi connectivity index (χ2n) is 6.62. The lowest BCUT2D eigenvalue weighted by Gasteiger charge is -2.07. The van der Waals surface area contributed by atoms with Gasteiger partial charge in [-0.1, -0.05) is 11.2 Å². The molecule has 0 N–H and O–H groups in total. The lowest BCUT2D eigenvalue weighted by atomic mass is 10.1. The molecule has 3 aromatic heterocycles. The molecule has 4 aromatic rings. The third-order valence-electron chi connectivity index (χ3n) is 4.52. The predicted octanol–water partition coefficient (Wildman–Crippen LogP) is 2.85. The molecular weight excluding hydrogens is 330 g/mol. The van der Waals surface area contributed by atoms with E-state index in [9.17, 15) is 4.79 Å². The molecule has 0 aliphatic heterocycles. The lowest BCUT2D eigenvalue weighted by molar-refractivity contribution is 0.392.